The van der Waals surface area contributed by atoms with Crippen LogP contribution in [0, 0.1) is 10.1 Å². The number of nitro benzene ring substituents is 1. The summed E-state index contributed by atoms with van der Waals surface area (Å²) in [7, 11) is 0. The van der Waals surface area contributed by atoms with Gasteiger partial charge in [0.1, 0.15) is 0 Å². The first-order valence-electron chi connectivity index (χ1n) is 8.09. The van der Waals surface area contributed by atoms with Crippen molar-refractivity contribution in [1.82, 2.24) is 5.43 Å². The molecule has 0 aliphatic heterocycles. The van der Waals surface area contributed by atoms with E-state index in [4.69, 9.17) is 23.2 Å². The first kappa shape index (κ1) is 21.3. The van der Waals surface area contributed by atoms with E-state index >= 15 is 0 Å². The van der Waals surface area contributed by atoms with Crippen LogP contribution in [0.15, 0.2) is 47.6 Å². The van der Waals surface area contributed by atoms with Crippen molar-refractivity contribution in [2.24, 2.45) is 5.10 Å². The highest BCUT2D eigenvalue weighted by Gasteiger charge is 2.10. The van der Waals surface area contributed by atoms with Gasteiger partial charge in [0.15, 0.2) is 0 Å². The molecular formula is C18H16Cl2N4O4. The lowest BCUT2D eigenvalue weighted by Gasteiger charge is -2.07. The Bertz CT molecular complexity index is 930. The summed E-state index contributed by atoms with van der Waals surface area (Å²) in [4.78, 5) is 33.9. The van der Waals surface area contributed by atoms with Crippen LogP contribution in [0.2, 0.25) is 10.0 Å². The summed E-state index contributed by atoms with van der Waals surface area (Å²) >= 11 is 11.8. The highest BCUT2D eigenvalue weighted by atomic mass is 35.5. The molecule has 8 nitrogen and oxygen atoms in total. The SMILES string of the molecule is CC(=NNC(=O)CCC(=O)Nc1ccc(Cl)cc1Cl)c1ccc([N+](=O)[O-])cc1. The molecule has 2 rings (SSSR count). The standard InChI is InChI=1S/C18H16Cl2N4O4/c1-11(12-2-5-14(6-3-12)24(27)28)22-23-18(26)9-8-17(25)21-16-7-4-13(19)10-15(16)20/h2-7,10H,8-9H2,1H3,(H,21,25)(H,23,26). The topological polar surface area (TPSA) is 114 Å². The van der Waals surface area contributed by atoms with Gasteiger partial charge < -0.3 is 5.32 Å². The predicted octanol–water partition coefficient (Wildman–Crippen LogP) is 4.16. The second kappa shape index (κ2) is 9.82. The first-order valence-corrected chi connectivity index (χ1v) is 8.84. The van der Waals surface area contributed by atoms with Crippen LogP contribution in [0.4, 0.5) is 11.4 Å². The number of hydrazone groups is 1. The fourth-order valence-corrected chi connectivity index (χ4v) is 2.58. The van der Waals surface area contributed by atoms with Crippen LogP contribution < -0.4 is 10.7 Å². The number of carbonyl (C=O) groups is 2. The number of nitrogens with one attached hydrogen (secondary N) is 2. The van der Waals surface area contributed by atoms with Gasteiger partial charge in [0.2, 0.25) is 11.8 Å². The van der Waals surface area contributed by atoms with Crippen molar-refractivity contribution in [1.29, 1.82) is 0 Å². The van der Waals surface area contributed by atoms with Gasteiger partial charge in [0, 0.05) is 30.0 Å². The van der Waals surface area contributed by atoms with Gasteiger partial charge in [0.25, 0.3) is 5.69 Å². The van der Waals surface area contributed by atoms with Crippen LogP contribution in [-0.2, 0) is 9.59 Å². The van der Waals surface area contributed by atoms with E-state index in [0.717, 1.165) is 0 Å². The minimum atomic E-state index is -0.500. The van der Waals surface area contributed by atoms with Crippen molar-refractivity contribution in [2.75, 3.05) is 5.32 Å². The third-order valence-corrected chi connectivity index (χ3v) is 4.18. The molecule has 0 saturated carbocycles. The van der Waals surface area contributed by atoms with Gasteiger partial charge >= 0.3 is 0 Å². The Hall–Kier alpha value is -2.97. The summed E-state index contributed by atoms with van der Waals surface area (Å²) < 4.78 is 0. The maximum atomic E-state index is 11.9. The maximum absolute atomic E-state index is 11.9. The van der Waals surface area contributed by atoms with Gasteiger partial charge in [0.05, 0.1) is 21.3 Å². The molecule has 0 unspecified atom stereocenters. The summed E-state index contributed by atoms with van der Waals surface area (Å²) in [6.07, 6.45) is -0.134. The predicted molar refractivity (Wildman–Crippen MR) is 108 cm³/mol. The van der Waals surface area contributed by atoms with E-state index < -0.39 is 10.8 Å². The van der Waals surface area contributed by atoms with Crippen molar-refractivity contribution in [3.05, 3.63) is 68.2 Å². The summed E-state index contributed by atoms with van der Waals surface area (Å²) in [6, 6.07) is 10.4. The van der Waals surface area contributed by atoms with Gasteiger partial charge in [-0.2, -0.15) is 5.10 Å². The number of hydrogen-bond donors (Lipinski definition) is 2. The molecule has 2 N–H and O–H groups in total. The third-order valence-electron chi connectivity index (χ3n) is 3.63. The molecule has 2 aromatic rings. The fourth-order valence-electron chi connectivity index (χ4n) is 2.12. The quantitative estimate of drug-likeness (QED) is 0.395. The van der Waals surface area contributed by atoms with Crippen LogP contribution in [0.25, 0.3) is 0 Å². The second-order valence-electron chi connectivity index (χ2n) is 5.71. The number of anilines is 1. The highest BCUT2D eigenvalue weighted by Crippen LogP contribution is 2.25. The van der Waals surface area contributed by atoms with E-state index in [-0.39, 0.29) is 24.4 Å². The molecule has 2 aromatic carbocycles. The Morgan fingerprint density at radius 2 is 1.71 bits per heavy atom. The van der Waals surface area contributed by atoms with E-state index in [1.54, 1.807) is 19.1 Å². The molecule has 0 fully saturated rings. The molecular weight excluding hydrogens is 407 g/mol. The molecule has 0 heterocycles. The molecule has 2 amide bonds. The molecule has 0 atom stereocenters. The normalized spacial score (nSPS) is 11.0. The number of carbonyl (C=O) groups excluding carboxylic acids is 2. The maximum Gasteiger partial charge on any atom is 0.269 e. The molecule has 10 heteroatoms. The number of halogens is 2. The fraction of sp³-hybridized carbons (Fsp3) is 0.167. The average molecular weight is 423 g/mol. The van der Waals surface area contributed by atoms with E-state index in [1.165, 1.54) is 30.3 Å². The molecule has 146 valence electrons. The van der Waals surface area contributed by atoms with Crippen LogP contribution in [0.3, 0.4) is 0 Å². The Kier molecular flexibility index (Phi) is 7.48. The van der Waals surface area contributed by atoms with Gasteiger partial charge in [-0.1, -0.05) is 23.2 Å². The number of nitrogens with zero attached hydrogens (tertiary/aromatic N) is 2. The Morgan fingerprint density at radius 3 is 2.32 bits per heavy atom. The number of nitro groups is 1. The molecule has 0 spiro atoms. The van der Waals surface area contributed by atoms with E-state index in [9.17, 15) is 19.7 Å². The largest absolute Gasteiger partial charge is 0.325 e. The summed E-state index contributed by atoms with van der Waals surface area (Å²) in [5, 5.41) is 17.9. The van der Waals surface area contributed by atoms with E-state index in [1.807, 2.05) is 0 Å². The van der Waals surface area contributed by atoms with Gasteiger partial charge in [-0.15, -0.1) is 0 Å². The molecule has 0 saturated heterocycles. The third kappa shape index (κ3) is 6.33. The van der Waals surface area contributed by atoms with Gasteiger partial charge in [-0.3, -0.25) is 19.7 Å². The molecule has 0 aliphatic rings. The zero-order chi connectivity index (χ0) is 20.7. The molecule has 0 aliphatic carbocycles. The number of benzene rings is 2. The minimum Gasteiger partial charge on any atom is -0.325 e. The summed E-state index contributed by atoms with van der Waals surface area (Å²) in [5.41, 5.74) is 3.82. The summed E-state index contributed by atoms with van der Waals surface area (Å²) in [5.74, 6) is -0.825. The number of amides is 2. The number of hydrogen-bond acceptors (Lipinski definition) is 5. The van der Waals surface area contributed by atoms with Crippen LogP contribution in [0.1, 0.15) is 25.3 Å². The smallest absolute Gasteiger partial charge is 0.269 e. The molecule has 0 radical (unpaired) electrons. The van der Waals surface area contributed by atoms with Crippen molar-refractivity contribution < 1.29 is 14.5 Å². The van der Waals surface area contributed by atoms with Crippen molar-refractivity contribution >= 4 is 52.1 Å². The lowest BCUT2D eigenvalue weighted by atomic mass is 10.1. The Balaban J connectivity index is 1.83. The first-order chi connectivity index (χ1) is 13.3. The number of rotatable bonds is 7. The Morgan fingerprint density at radius 1 is 1.07 bits per heavy atom. The molecule has 0 bridgehead atoms. The van der Waals surface area contributed by atoms with Crippen LogP contribution >= 0.6 is 23.2 Å². The highest BCUT2D eigenvalue weighted by molar-refractivity contribution is 6.36. The van der Waals surface area contributed by atoms with Gasteiger partial charge in [-0.05, 0) is 42.8 Å². The Labute approximate surface area is 170 Å². The van der Waals surface area contributed by atoms with Gasteiger partial charge in [-0.25, -0.2) is 5.43 Å². The number of non-ortho nitro benzene ring substituents is 1. The van der Waals surface area contributed by atoms with E-state index in [2.05, 4.69) is 15.8 Å². The monoisotopic (exact) mass is 422 g/mol. The lowest BCUT2D eigenvalue weighted by Crippen LogP contribution is -2.21. The zero-order valence-corrected chi connectivity index (χ0v) is 16.3. The molecule has 28 heavy (non-hydrogen) atoms. The lowest BCUT2D eigenvalue weighted by molar-refractivity contribution is -0.384. The van der Waals surface area contributed by atoms with Crippen molar-refractivity contribution in [3.8, 4) is 0 Å². The minimum absolute atomic E-state index is 0.0348. The van der Waals surface area contributed by atoms with E-state index in [0.29, 0.717) is 27.0 Å². The molecule has 0 aromatic heterocycles. The van der Waals surface area contributed by atoms with Crippen molar-refractivity contribution in [2.45, 2.75) is 19.8 Å². The average Bonchev–Trinajstić information content (AvgIpc) is 2.66. The van der Waals surface area contributed by atoms with Crippen LogP contribution in [0.5, 0.6) is 0 Å². The zero-order valence-electron chi connectivity index (χ0n) is 14.7. The van der Waals surface area contributed by atoms with Crippen LogP contribution in [-0.4, -0.2) is 22.4 Å². The summed E-state index contributed by atoms with van der Waals surface area (Å²) in [6.45, 7) is 1.65. The van der Waals surface area contributed by atoms with Crippen molar-refractivity contribution in [3.63, 3.8) is 0 Å². The second-order valence-corrected chi connectivity index (χ2v) is 6.55.